The third-order valence-corrected chi connectivity index (χ3v) is 8.78. The lowest BCUT2D eigenvalue weighted by molar-refractivity contribution is -0.0406. The van der Waals surface area contributed by atoms with Crippen LogP contribution in [-0.4, -0.2) is 43.0 Å². The van der Waals surface area contributed by atoms with Gasteiger partial charge in [-0.15, -0.1) is 0 Å². The maximum atomic E-state index is 13.3. The molecule has 0 spiro atoms. The van der Waals surface area contributed by atoms with Crippen LogP contribution in [0.5, 0.6) is 23.0 Å². The monoisotopic (exact) mass is 539 g/mol. The SMILES string of the molecule is COc1ccc(S(=O)(=O)Nc2cccc([C@H]3O[C@H]4CCCC[C@@H]4c4c(OC)ccc(OC)c43)c2)cc1OC. The number of ether oxygens (including phenoxy) is 5. The Morgan fingerprint density at radius 2 is 1.42 bits per heavy atom. The van der Waals surface area contributed by atoms with Crippen LogP contribution >= 0.6 is 0 Å². The fourth-order valence-corrected chi connectivity index (χ4v) is 6.71. The first-order chi connectivity index (χ1) is 18.4. The standard InChI is InChI=1S/C29H33NO7S/c1-33-23-13-12-20(17-26(23)36-4)38(31,32)30-19-9-7-8-18(16-19)29-28-25(35-3)15-14-24(34-2)27(28)21-10-5-6-11-22(21)37-29/h7-9,12-17,21-22,29-30H,5-6,10-11H2,1-4H3/t21-,22-,29+/m0/s1. The summed E-state index contributed by atoms with van der Waals surface area (Å²) < 4.78 is 58.0. The van der Waals surface area contributed by atoms with Crippen LogP contribution in [-0.2, 0) is 14.8 Å². The van der Waals surface area contributed by atoms with Crippen LogP contribution in [0.3, 0.4) is 0 Å². The van der Waals surface area contributed by atoms with E-state index >= 15 is 0 Å². The number of hydrogen-bond acceptors (Lipinski definition) is 7. The molecule has 202 valence electrons. The molecule has 0 unspecified atom stereocenters. The number of fused-ring (bicyclic) bond motifs is 3. The minimum absolute atomic E-state index is 0.0503. The summed E-state index contributed by atoms with van der Waals surface area (Å²) in [6.07, 6.45) is 3.86. The zero-order valence-electron chi connectivity index (χ0n) is 22.0. The molecular weight excluding hydrogens is 506 g/mol. The Balaban J connectivity index is 1.53. The Bertz CT molecular complexity index is 1420. The van der Waals surface area contributed by atoms with Gasteiger partial charge in [0.1, 0.15) is 17.6 Å². The average molecular weight is 540 g/mol. The Labute approximate surface area is 223 Å². The summed E-state index contributed by atoms with van der Waals surface area (Å²) in [7, 11) is 2.42. The van der Waals surface area contributed by atoms with Crippen molar-refractivity contribution in [3.05, 3.63) is 71.3 Å². The highest BCUT2D eigenvalue weighted by molar-refractivity contribution is 7.92. The van der Waals surface area contributed by atoms with Gasteiger partial charge in [-0.25, -0.2) is 8.42 Å². The molecule has 8 nitrogen and oxygen atoms in total. The number of benzene rings is 3. The first kappa shape index (κ1) is 26.2. The van der Waals surface area contributed by atoms with Crippen molar-refractivity contribution in [2.24, 2.45) is 0 Å². The van der Waals surface area contributed by atoms with E-state index in [2.05, 4.69) is 4.72 Å². The second kappa shape index (κ2) is 10.7. The number of nitrogens with one attached hydrogen (secondary N) is 1. The molecule has 1 aliphatic heterocycles. The number of anilines is 1. The topological polar surface area (TPSA) is 92.3 Å². The van der Waals surface area contributed by atoms with Gasteiger partial charge in [0.2, 0.25) is 0 Å². The molecular formula is C29H33NO7S. The Morgan fingerprint density at radius 3 is 2.13 bits per heavy atom. The molecule has 2 aliphatic rings. The molecule has 1 saturated carbocycles. The van der Waals surface area contributed by atoms with Gasteiger partial charge in [-0.3, -0.25) is 4.72 Å². The lowest BCUT2D eigenvalue weighted by atomic mass is 9.75. The lowest BCUT2D eigenvalue weighted by Crippen LogP contribution is -2.34. The van der Waals surface area contributed by atoms with E-state index in [1.54, 1.807) is 26.4 Å². The smallest absolute Gasteiger partial charge is 0.262 e. The maximum Gasteiger partial charge on any atom is 0.262 e. The molecule has 3 aromatic carbocycles. The van der Waals surface area contributed by atoms with Gasteiger partial charge in [-0.1, -0.05) is 25.0 Å². The van der Waals surface area contributed by atoms with Gasteiger partial charge < -0.3 is 23.7 Å². The number of hydrogen-bond donors (Lipinski definition) is 1. The molecule has 0 bridgehead atoms. The predicted octanol–water partition coefficient (Wildman–Crippen LogP) is 5.67. The van der Waals surface area contributed by atoms with E-state index in [0.717, 1.165) is 53.9 Å². The van der Waals surface area contributed by atoms with Crippen molar-refractivity contribution >= 4 is 15.7 Å². The van der Waals surface area contributed by atoms with Crippen LogP contribution in [0.25, 0.3) is 0 Å². The average Bonchev–Trinajstić information content (AvgIpc) is 2.95. The molecule has 0 aromatic heterocycles. The largest absolute Gasteiger partial charge is 0.496 e. The summed E-state index contributed by atoms with van der Waals surface area (Å²) in [5, 5.41) is 0. The van der Waals surface area contributed by atoms with E-state index < -0.39 is 16.1 Å². The molecule has 38 heavy (non-hydrogen) atoms. The van der Waals surface area contributed by atoms with Crippen molar-refractivity contribution in [3.8, 4) is 23.0 Å². The van der Waals surface area contributed by atoms with E-state index in [1.807, 2.05) is 30.3 Å². The number of sulfonamides is 1. The molecule has 1 N–H and O–H groups in total. The molecule has 3 aromatic rings. The Hall–Kier alpha value is -3.43. The minimum Gasteiger partial charge on any atom is -0.496 e. The third-order valence-electron chi connectivity index (χ3n) is 7.40. The summed E-state index contributed by atoms with van der Waals surface area (Å²) in [6, 6.07) is 15.7. The van der Waals surface area contributed by atoms with Crippen molar-refractivity contribution in [1.29, 1.82) is 0 Å². The zero-order valence-corrected chi connectivity index (χ0v) is 22.8. The lowest BCUT2D eigenvalue weighted by Gasteiger charge is -2.42. The van der Waals surface area contributed by atoms with Crippen molar-refractivity contribution in [3.63, 3.8) is 0 Å². The normalized spacial score (nSPS) is 20.6. The fraction of sp³-hybridized carbons (Fsp3) is 0.379. The molecule has 0 amide bonds. The molecule has 0 radical (unpaired) electrons. The third kappa shape index (κ3) is 4.76. The van der Waals surface area contributed by atoms with Crippen LogP contribution in [0.4, 0.5) is 5.69 Å². The molecule has 9 heteroatoms. The van der Waals surface area contributed by atoms with Crippen LogP contribution in [0.1, 0.15) is 54.4 Å². The molecule has 0 saturated heterocycles. The molecule has 1 fully saturated rings. The molecule has 1 aliphatic carbocycles. The van der Waals surface area contributed by atoms with Crippen LogP contribution in [0.2, 0.25) is 0 Å². The summed E-state index contributed by atoms with van der Waals surface area (Å²) in [5.74, 6) is 2.57. The summed E-state index contributed by atoms with van der Waals surface area (Å²) in [5.41, 5.74) is 3.32. The van der Waals surface area contributed by atoms with E-state index in [4.69, 9.17) is 23.7 Å². The van der Waals surface area contributed by atoms with Gasteiger partial charge in [-0.2, -0.15) is 0 Å². The van der Waals surface area contributed by atoms with E-state index in [9.17, 15) is 8.42 Å². The second-order valence-electron chi connectivity index (χ2n) is 9.49. The van der Waals surface area contributed by atoms with Crippen LogP contribution < -0.4 is 23.7 Å². The van der Waals surface area contributed by atoms with Crippen LogP contribution in [0.15, 0.2) is 59.5 Å². The molecule has 5 rings (SSSR count). The predicted molar refractivity (Wildman–Crippen MR) is 144 cm³/mol. The highest BCUT2D eigenvalue weighted by Crippen LogP contribution is 2.53. The Kier molecular flexibility index (Phi) is 7.40. The number of methoxy groups -OCH3 is 4. The number of rotatable bonds is 8. The van der Waals surface area contributed by atoms with Gasteiger partial charge in [0.25, 0.3) is 10.0 Å². The quantitative estimate of drug-likeness (QED) is 0.394. The maximum absolute atomic E-state index is 13.3. The van der Waals surface area contributed by atoms with E-state index in [0.29, 0.717) is 17.2 Å². The van der Waals surface area contributed by atoms with Crippen LogP contribution in [0, 0.1) is 0 Å². The van der Waals surface area contributed by atoms with E-state index in [1.165, 1.54) is 26.4 Å². The highest BCUT2D eigenvalue weighted by atomic mass is 32.2. The molecule has 1 heterocycles. The van der Waals surface area contributed by atoms with Gasteiger partial charge in [0.15, 0.2) is 11.5 Å². The summed E-state index contributed by atoms with van der Waals surface area (Å²) in [6.45, 7) is 0. The van der Waals surface area contributed by atoms with Gasteiger partial charge >= 0.3 is 0 Å². The first-order valence-corrected chi connectivity index (χ1v) is 14.1. The van der Waals surface area contributed by atoms with Crippen molar-refractivity contribution in [1.82, 2.24) is 0 Å². The fourth-order valence-electron chi connectivity index (χ4n) is 5.65. The summed E-state index contributed by atoms with van der Waals surface area (Å²) >= 11 is 0. The zero-order chi connectivity index (χ0) is 26.9. The summed E-state index contributed by atoms with van der Waals surface area (Å²) in [4.78, 5) is 0.0660. The first-order valence-electron chi connectivity index (χ1n) is 12.6. The van der Waals surface area contributed by atoms with Crippen molar-refractivity contribution < 1.29 is 32.1 Å². The van der Waals surface area contributed by atoms with E-state index in [-0.39, 0.29) is 16.9 Å². The van der Waals surface area contributed by atoms with Gasteiger partial charge in [0, 0.05) is 28.8 Å². The molecule has 3 atom stereocenters. The van der Waals surface area contributed by atoms with Gasteiger partial charge in [-0.05, 0) is 54.8 Å². The second-order valence-corrected chi connectivity index (χ2v) is 11.2. The minimum atomic E-state index is -3.89. The van der Waals surface area contributed by atoms with Crippen molar-refractivity contribution in [2.45, 2.75) is 48.7 Å². The highest BCUT2D eigenvalue weighted by Gasteiger charge is 2.41. The van der Waals surface area contributed by atoms with Crippen molar-refractivity contribution in [2.75, 3.05) is 33.2 Å². The Morgan fingerprint density at radius 1 is 0.763 bits per heavy atom. The van der Waals surface area contributed by atoms with Gasteiger partial charge in [0.05, 0.1) is 39.4 Å².